The third-order valence-corrected chi connectivity index (χ3v) is 5.33. The van der Waals surface area contributed by atoms with Gasteiger partial charge in [-0.2, -0.15) is 5.10 Å². The molecule has 0 radical (unpaired) electrons. The minimum Gasteiger partial charge on any atom is -0.488 e. The zero-order valence-electron chi connectivity index (χ0n) is 17.5. The molecule has 0 atom stereocenters. The quantitative estimate of drug-likeness (QED) is 0.684. The largest absolute Gasteiger partial charge is 0.488 e. The summed E-state index contributed by atoms with van der Waals surface area (Å²) in [6.07, 6.45) is 1.88. The second-order valence-electron chi connectivity index (χ2n) is 8.16. The van der Waals surface area contributed by atoms with Crippen molar-refractivity contribution >= 4 is 23.4 Å². The van der Waals surface area contributed by atoms with Gasteiger partial charge in [0.2, 0.25) is 0 Å². The Hall–Kier alpha value is -2.25. The molecule has 1 aliphatic rings. The normalized spacial score (nSPS) is 15.1. The summed E-state index contributed by atoms with van der Waals surface area (Å²) in [6.45, 7) is 8.79. The van der Waals surface area contributed by atoms with Gasteiger partial charge in [0, 0.05) is 43.3 Å². The lowest BCUT2D eigenvalue weighted by Gasteiger charge is -2.40. The Balaban J connectivity index is 1.38. The van der Waals surface area contributed by atoms with Crippen LogP contribution in [0, 0.1) is 0 Å². The van der Waals surface area contributed by atoms with Gasteiger partial charge in [0.25, 0.3) is 0 Å². The third-order valence-electron chi connectivity index (χ3n) is 5.08. The predicted octanol–water partition coefficient (Wildman–Crippen LogP) is 3.69. The fourth-order valence-corrected chi connectivity index (χ4v) is 3.38. The number of rotatable bonds is 8. The van der Waals surface area contributed by atoms with Gasteiger partial charge in [-0.25, -0.2) is 4.79 Å². The molecule has 1 fully saturated rings. The number of hydrogen-bond acceptors (Lipinski definition) is 4. The van der Waals surface area contributed by atoms with Crippen LogP contribution in [0.3, 0.4) is 0 Å². The summed E-state index contributed by atoms with van der Waals surface area (Å²) in [5.41, 5.74) is 0.633. The monoisotopic (exact) mass is 419 g/mol. The topological polar surface area (TPSA) is 71.4 Å². The summed E-state index contributed by atoms with van der Waals surface area (Å²) >= 11 is 5.90. The Bertz CT molecular complexity index is 828. The van der Waals surface area contributed by atoms with Crippen molar-refractivity contribution in [3.8, 4) is 5.75 Å². The molecule has 0 spiro atoms. The van der Waals surface area contributed by atoms with Crippen LogP contribution in [0.2, 0.25) is 5.02 Å². The third kappa shape index (κ3) is 6.11. The average Bonchev–Trinajstić information content (AvgIpc) is 2.97. The Morgan fingerprint density at radius 1 is 1.31 bits per heavy atom. The number of aryl methyl sites for hydroxylation is 2. The van der Waals surface area contributed by atoms with E-state index in [2.05, 4.69) is 20.6 Å². The molecule has 1 aromatic heterocycles. The van der Waals surface area contributed by atoms with E-state index >= 15 is 0 Å². The molecule has 0 aliphatic carbocycles. The first-order valence-electron chi connectivity index (χ1n) is 10.0. The minimum absolute atomic E-state index is 0.202. The van der Waals surface area contributed by atoms with Crippen molar-refractivity contribution in [1.29, 1.82) is 0 Å². The number of nitrogens with one attached hydrogen (secondary N) is 2. The van der Waals surface area contributed by atoms with Crippen molar-refractivity contribution in [2.24, 2.45) is 7.05 Å². The van der Waals surface area contributed by atoms with Gasteiger partial charge in [0.15, 0.2) is 0 Å². The number of ether oxygens (including phenoxy) is 1. The van der Waals surface area contributed by atoms with Gasteiger partial charge in [-0.15, -0.1) is 0 Å². The summed E-state index contributed by atoms with van der Waals surface area (Å²) in [5, 5.41) is 11.0. The van der Waals surface area contributed by atoms with E-state index in [-0.39, 0.29) is 17.7 Å². The highest BCUT2D eigenvalue weighted by Crippen LogP contribution is 2.21. The number of hydrogen-bond donors (Lipinski definition) is 2. The summed E-state index contributed by atoms with van der Waals surface area (Å²) in [6, 6.07) is 9.13. The first-order chi connectivity index (χ1) is 13.7. The van der Waals surface area contributed by atoms with E-state index in [4.69, 9.17) is 16.3 Å². The van der Waals surface area contributed by atoms with Crippen molar-refractivity contribution in [3.05, 3.63) is 41.0 Å². The highest BCUT2D eigenvalue weighted by Gasteiger charge is 2.30. The number of amides is 2. The smallest absolute Gasteiger partial charge is 0.320 e. The number of likely N-dealkylation sites (tertiary alicyclic amines) is 1. The average molecular weight is 420 g/mol. The first-order valence-corrected chi connectivity index (χ1v) is 10.4. The Morgan fingerprint density at radius 3 is 2.62 bits per heavy atom. The number of aromatic nitrogens is 2. The molecule has 0 unspecified atom stereocenters. The van der Waals surface area contributed by atoms with Crippen LogP contribution in [0.4, 0.5) is 10.6 Å². The Labute approximate surface area is 177 Å². The molecular weight excluding hydrogens is 390 g/mol. The highest BCUT2D eigenvalue weighted by molar-refractivity contribution is 6.30. The molecule has 2 amide bonds. The number of urea groups is 1. The van der Waals surface area contributed by atoms with E-state index in [1.165, 1.54) is 0 Å². The molecule has 0 bridgehead atoms. The van der Waals surface area contributed by atoms with E-state index in [0.717, 1.165) is 43.9 Å². The van der Waals surface area contributed by atoms with E-state index in [1.807, 2.05) is 58.2 Å². The molecule has 7 nitrogen and oxygen atoms in total. The molecule has 1 aliphatic heterocycles. The molecule has 8 heteroatoms. The zero-order chi connectivity index (χ0) is 21.0. The molecule has 3 rings (SSSR count). The number of anilines is 1. The van der Waals surface area contributed by atoms with E-state index in [9.17, 15) is 4.79 Å². The standard InChI is InChI=1S/C21H30ClN5O2/c1-5-16-12-19(26(4)25-16)23-20(28)24-21(2,3)10-11-27-13-18(14-27)29-17-8-6-15(22)7-9-17/h6-9,12,18H,5,10-11,13-14H2,1-4H3,(H2,23,24,28). The van der Waals surface area contributed by atoms with Crippen molar-refractivity contribution in [3.63, 3.8) is 0 Å². The number of nitrogens with zero attached hydrogens (tertiary/aromatic N) is 3. The van der Waals surface area contributed by atoms with Gasteiger partial charge in [-0.1, -0.05) is 18.5 Å². The van der Waals surface area contributed by atoms with E-state index in [0.29, 0.717) is 10.8 Å². The van der Waals surface area contributed by atoms with Crippen LogP contribution >= 0.6 is 11.6 Å². The van der Waals surface area contributed by atoms with Gasteiger partial charge in [-0.3, -0.25) is 14.9 Å². The molecule has 2 heterocycles. The zero-order valence-corrected chi connectivity index (χ0v) is 18.3. The summed E-state index contributed by atoms with van der Waals surface area (Å²) < 4.78 is 7.62. The Kier molecular flexibility index (Phi) is 6.70. The van der Waals surface area contributed by atoms with Gasteiger partial charge < -0.3 is 10.1 Å². The lowest BCUT2D eigenvalue weighted by atomic mass is 9.99. The van der Waals surface area contributed by atoms with Gasteiger partial charge in [0.05, 0.1) is 5.69 Å². The summed E-state index contributed by atoms with van der Waals surface area (Å²) in [7, 11) is 1.83. The summed E-state index contributed by atoms with van der Waals surface area (Å²) in [4.78, 5) is 14.7. The second-order valence-corrected chi connectivity index (χ2v) is 8.60. The van der Waals surface area contributed by atoms with E-state index < -0.39 is 0 Å². The maximum atomic E-state index is 12.4. The van der Waals surface area contributed by atoms with Crippen LogP contribution < -0.4 is 15.4 Å². The molecule has 29 heavy (non-hydrogen) atoms. The maximum Gasteiger partial charge on any atom is 0.320 e. The molecule has 158 valence electrons. The lowest BCUT2D eigenvalue weighted by Crippen LogP contribution is -2.56. The maximum absolute atomic E-state index is 12.4. The van der Waals surface area contributed by atoms with Crippen LogP contribution in [-0.2, 0) is 13.5 Å². The van der Waals surface area contributed by atoms with Crippen molar-refractivity contribution < 1.29 is 9.53 Å². The van der Waals surface area contributed by atoms with Crippen molar-refractivity contribution in [2.45, 2.75) is 45.3 Å². The number of carbonyl (C=O) groups excluding carboxylic acids is 1. The molecule has 1 aromatic carbocycles. The summed E-state index contributed by atoms with van der Waals surface area (Å²) in [5.74, 6) is 1.54. The number of halogens is 1. The number of benzene rings is 1. The van der Waals surface area contributed by atoms with Crippen LogP contribution in [0.1, 0.15) is 32.9 Å². The van der Waals surface area contributed by atoms with Gasteiger partial charge >= 0.3 is 6.03 Å². The van der Waals surface area contributed by atoms with E-state index in [1.54, 1.807) is 4.68 Å². The van der Waals surface area contributed by atoms with Crippen LogP contribution in [0.25, 0.3) is 0 Å². The van der Waals surface area contributed by atoms with Crippen LogP contribution in [-0.4, -0.2) is 52.0 Å². The lowest BCUT2D eigenvalue weighted by molar-refractivity contribution is 0.0157. The molecule has 0 saturated carbocycles. The van der Waals surface area contributed by atoms with Crippen molar-refractivity contribution in [1.82, 2.24) is 20.0 Å². The van der Waals surface area contributed by atoms with Gasteiger partial charge in [-0.05, 0) is 51.0 Å². The Morgan fingerprint density at radius 2 is 2.00 bits per heavy atom. The van der Waals surface area contributed by atoms with Crippen LogP contribution in [0.15, 0.2) is 30.3 Å². The SMILES string of the molecule is CCc1cc(NC(=O)NC(C)(C)CCN2CC(Oc3ccc(Cl)cc3)C2)n(C)n1. The highest BCUT2D eigenvalue weighted by atomic mass is 35.5. The fourth-order valence-electron chi connectivity index (χ4n) is 3.26. The fraction of sp³-hybridized carbons (Fsp3) is 0.524. The molecule has 1 saturated heterocycles. The van der Waals surface area contributed by atoms with Crippen molar-refractivity contribution in [2.75, 3.05) is 25.0 Å². The molecular formula is C21H30ClN5O2. The second kappa shape index (κ2) is 9.05. The first kappa shape index (κ1) is 21.5. The minimum atomic E-state index is -0.321. The van der Waals surface area contributed by atoms with Crippen LogP contribution in [0.5, 0.6) is 5.75 Å². The predicted molar refractivity (Wildman–Crippen MR) is 116 cm³/mol. The number of carbonyl (C=O) groups is 1. The van der Waals surface area contributed by atoms with Gasteiger partial charge in [0.1, 0.15) is 17.7 Å². The molecule has 2 N–H and O–H groups in total. The molecule has 2 aromatic rings.